The first kappa shape index (κ1) is 17.3. The first-order valence-corrected chi connectivity index (χ1v) is 10.0. The number of amides is 2. The van der Waals surface area contributed by atoms with Gasteiger partial charge in [0.1, 0.15) is 6.04 Å². The van der Waals surface area contributed by atoms with Crippen LogP contribution in [-0.2, 0) is 16.0 Å². The Bertz CT molecular complexity index is 582. The van der Waals surface area contributed by atoms with E-state index in [1.165, 1.54) is 11.1 Å². The Hall–Kier alpha value is -1.49. The van der Waals surface area contributed by atoms with E-state index >= 15 is 0 Å². The van der Waals surface area contributed by atoms with Crippen LogP contribution in [0.3, 0.4) is 0 Å². The van der Waals surface area contributed by atoms with Crippen molar-refractivity contribution in [3.63, 3.8) is 0 Å². The first-order valence-electron chi connectivity index (χ1n) is 8.87. The highest BCUT2D eigenvalue weighted by atomic mass is 32.2. The molecule has 0 aliphatic carbocycles. The average molecular weight is 346 g/mol. The molecule has 0 aromatic heterocycles. The number of benzene rings is 1. The Morgan fingerprint density at radius 3 is 2.54 bits per heavy atom. The maximum absolute atomic E-state index is 12.7. The second kappa shape index (κ2) is 8.06. The summed E-state index contributed by atoms with van der Waals surface area (Å²) in [5.41, 5.74) is 2.42. The molecule has 1 atom stereocenters. The molecule has 2 aliphatic rings. The molecule has 0 radical (unpaired) electrons. The molecule has 0 unspecified atom stereocenters. The van der Waals surface area contributed by atoms with Gasteiger partial charge in [-0.05, 0) is 31.7 Å². The van der Waals surface area contributed by atoms with Crippen LogP contribution in [0.15, 0.2) is 24.3 Å². The van der Waals surface area contributed by atoms with Crippen LogP contribution in [0.25, 0.3) is 0 Å². The zero-order chi connectivity index (χ0) is 16.9. The first-order chi connectivity index (χ1) is 11.6. The van der Waals surface area contributed by atoms with Crippen molar-refractivity contribution in [1.82, 2.24) is 9.80 Å². The van der Waals surface area contributed by atoms with Crippen LogP contribution < -0.4 is 0 Å². The fourth-order valence-electron chi connectivity index (χ4n) is 3.47. The molecule has 0 bridgehead atoms. The molecule has 0 spiro atoms. The Labute approximate surface area is 148 Å². The molecule has 2 fully saturated rings. The molecule has 5 heteroatoms. The topological polar surface area (TPSA) is 40.6 Å². The third-order valence-electron chi connectivity index (χ3n) is 4.93. The Kier molecular flexibility index (Phi) is 5.82. The number of carbonyl (C=O) groups is 2. The molecule has 1 aromatic carbocycles. The Balaban J connectivity index is 1.56. The van der Waals surface area contributed by atoms with E-state index in [1.54, 1.807) is 0 Å². The summed E-state index contributed by atoms with van der Waals surface area (Å²) in [4.78, 5) is 29.2. The second-order valence-electron chi connectivity index (χ2n) is 6.67. The summed E-state index contributed by atoms with van der Waals surface area (Å²) in [5.74, 6) is 2.31. The molecule has 0 N–H and O–H groups in total. The van der Waals surface area contributed by atoms with Gasteiger partial charge in [-0.3, -0.25) is 9.59 Å². The predicted molar refractivity (Wildman–Crippen MR) is 98.1 cm³/mol. The van der Waals surface area contributed by atoms with E-state index in [9.17, 15) is 9.59 Å². The van der Waals surface area contributed by atoms with Gasteiger partial charge < -0.3 is 9.80 Å². The van der Waals surface area contributed by atoms with Crippen LogP contribution in [0.1, 0.15) is 30.4 Å². The SMILES string of the molecule is Cc1ccc(CCC(=O)N2CCC[C@H]2C(=O)N2CCSCC2)cc1. The third kappa shape index (κ3) is 4.12. The molecule has 2 saturated heterocycles. The van der Waals surface area contributed by atoms with E-state index in [1.807, 2.05) is 21.6 Å². The van der Waals surface area contributed by atoms with E-state index in [0.717, 1.165) is 50.4 Å². The smallest absolute Gasteiger partial charge is 0.245 e. The molecule has 1 aromatic rings. The minimum Gasteiger partial charge on any atom is -0.339 e. The number of likely N-dealkylation sites (tertiary alicyclic amines) is 1. The van der Waals surface area contributed by atoms with Crippen molar-refractivity contribution < 1.29 is 9.59 Å². The van der Waals surface area contributed by atoms with Crippen molar-refractivity contribution >= 4 is 23.6 Å². The maximum atomic E-state index is 12.7. The minimum absolute atomic E-state index is 0.123. The minimum atomic E-state index is -0.224. The third-order valence-corrected chi connectivity index (χ3v) is 5.87. The molecule has 130 valence electrons. The molecule has 2 heterocycles. The number of hydrogen-bond acceptors (Lipinski definition) is 3. The van der Waals surface area contributed by atoms with Gasteiger partial charge in [0.05, 0.1) is 0 Å². The van der Waals surface area contributed by atoms with Gasteiger partial charge in [-0.25, -0.2) is 0 Å². The largest absolute Gasteiger partial charge is 0.339 e. The molecular formula is C19H26N2O2S. The summed E-state index contributed by atoms with van der Waals surface area (Å²) < 4.78 is 0. The van der Waals surface area contributed by atoms with E-state index in [-0.39, 0.29) is 17.9 Å². The second-order valence-corrected chi connectivity index (χ2v) is 7.89. The van der Waals surface area contributed by atoms with Gasteiger partial charge in [0.25, 0.3) is 0 Å². The maximum Gasteiger partial charge on any atom is 0.245 e. The summed E-state index contributed by atoms with van der Waals surface area (Å²) in [6, 6.07) is 8.10. The van der Waals surface area contributed by atoms with E-state index in [0.29, 0.717) is 6.42 Å². The zero-order valence-corrected chi connectivity index (χ0v) is 15.2. The summed E-state index contributed by atoms with van der Waals surface area (Å²) in [7, 11) is 0. The fraction of sp³-hybridized carbons (Fsp3) is 0.579. The van der Waals surface area contributed by atoms with Gasteiger partial charge >= 0.3 is 0 Å². The molecule has 4 nitrogen and oxygen atoms in total. The molecule has 2 aliphatic heterocycles. The van der Waals surface area contributed by atoms with E-state index in [2.05, 4.69) is 31.2 Å². The molecule has 24 heavy (non-hydrogen) atoms. The molecule has 2 amide bonds. The van der Waals surface area contributed by atoms with Crippen LogP contribution >= 0.6 is 11.8 Å². The standard InChI is InChI=1S/C19H26N2O2S/c1-15-4-6-16(7-5-15)8-9-18(22)21-10-2-3-17(21)19(23)20-11-13-24-14-12-20/h4-7,17H,2-3,8-14H2,1H3/t17-/m0/s1. The van der Waals surface area contributed by atoms with Crippen LogP contribution in [0.4, 0.5) is 0 Å². The number of rotatable bonds is 4. The van der Waals surface area contributed by atoms with Gasteiger partial charge in [-0.15, -0.1) is 0 Å². The van der Waals surface area contributed by atoms with Crippen molar-refractivity contribution in [1.29, 1.82) is 0 Å². The van der Waals surface area contributed by atoms with Crippen molar-refractivity contribution in [2.75, 3.05) is 31.1 Å². The summed E-state index contributed by atoms with van der Waals surface area (Å²) in [6.45, 7) is 4.44. The van der Waals surface area contributed by atoms with Gasteiger partial charge in [-0.1, -0.05) is 29.8 Å². The number of nitrogens with zero attached hydrogens (tertiary/aromatic N) is 2. The predicted octanol–water partition coefficient (Wildman–Crippen LogP) is 2.49. The lowest BCUT2D eigenvalue weighted by Crippen LogP contribution is -2.50. The van der Waals surface area contributed by atoms with E-state index in [4.69, 9.17) is 0 Å². The number of hydrogen-bond donors (Lipinski definition) is 0. The highest BCUT2D eigenvalue weighted by molar-refractivity contribution is 7.99. The normalized spacial score (nSPS) is 21.1. The summed E-state index contributed by atoms with van der Waals surface area (Å²) in [5, 5.41) is 0. The fourth-order valence-corrected chi connectivity index (χ4v) is 4.37. The van der Waals surface area contributed by atoms with Crippen molar-refractivity contribution in [3.05, 3.63) is 35.4 Å². The van der Waals surface area contributed by atoms with E-state index < -0.39 is 0 Å². The lowest BCUT2D eigenvalue weighted by Gasteiger charge is -2.32. The average Bonchev–Trinajstić information content (AvgIpc) is 3.11. The van der Waals surface area contributed by atoms with Gasteiger partial charge in [0.15, 0.2) is 0 Å². The van der Waals surface area contributed by atoms with Crippen LogP contribution in [0, 0.1) is 6.92 Å². The highest BCUT2D eigenvalue weighted by Gasteiger charge is 2.36. The number of thioether (sulfide) groups is 1. The lowest BCUT2D eigenvalue weighted by molar-refractivity contribution is -0.143. The summed E-state index contributed by atoms with van der Waals surface area (Å²) >= 11 is 1.90. The number of carbonyl (C=O) groups excluding carboxylic acids is 2. The van der Waals surface area contributed by atoms with Gasteiger partial charge in [-0.2, -0.15) is 11.8 Å². The molecule has 3 rings (SSSR count). The number of aryl methyl sites for hydroxylation is 2. The van der Waals surface area contributed by atoms with Crippen molar-refractivity contribution in [2.45, 2.75) is 38.6 Å². The zero-order valence-electron chi connectivity index (χ0n) is 14.4. The van der Waals surface area contributed by atoms with Crippen LogP contribution in [-0.4, -0.2) is 58.8 Å². The van der Waals surface area contributed by atoms with Gasteiger partial charge in [0, 0.05) is 37.6 Å². The quantitative estimate of drug-likeness (QED) is 0.841. The van der Waals surface area contributed by atoms with Crippen LogP contribution in [0.2, 0.25) is 0 Å². The molecule has 0 saturated carbocycles. The monoisotopic (exact) mass is 346 g/mol. The Morgan fingerprint density at radius 2 is 1.83 bits per heavy atom. The van der Waals surface area contributed by atoms with Gasteiger partial charge in [0.2, 0.25) is 11.8 Å². The summed E-state index contributed by atoms with van der Waals surface area (Å²) in [6.07, 6.45) is 2.99. The lowest BCUT2D eigenvalue weighted by atomic mass is 10.1. The Morgan fingerprint density at radius 1 is 1.12 bits per heavy atom. The van der Waals surface area contributed by atoms with Crippen molar-refractivity contribution in [2.24, 2.45) is 0 Å². The highest BCUT2D eigenvalue weighted by Crippen LogP contribution is 2.22. The molecular weight excluding hydrogens is 320 g/mol. The van der Waals surface area contributed by atoms with Crippen molar-refractivity contribution in [3.8, 4) is 0 Å². The van der Waals surface area contributed by atoms with Crippen LogP contribution in [0.5, 0.6) is 0 Å².